The van der Waals surface area contributed by atoms with E-state index in [-0.39, 0.29) is 43.6 Å². The fourth-order valence-corrected chi connectivity index (χ4v) is 6.68. The molecule has 234 valence electrons. The Bertz CT molecular complexity index is 3640. The van der Waals surface area contributed by atoms with Crippen molar-refractivity contribution < 1.29 is 19.2 Å². The van der Waals surface area contributed by atoms with Crippen molar-refractivity contribution in [2.45, 2.75) is 0 Å². The molecule has 0 fully saturated rings. The van der Waals surface area contributed by atoms with Gasteiger partial charge in [-0.15, -0.1) is 0 Å². The molecule has 0 saturated heterocycles. The van der Waals surface area contributed by atoms with Crippen molar-refractivity contribution in [3.63, 3.8) is 0 Å². The van der Waals surface area contributed by atoms with Crippen LogP contribution in [0.5, 0.6) is 0 Å². The Balaban J connectivity index is 1.28. The summed E-state index contributed by atoms with van der Waals surface area (Å²) in [5.41, 5.74) is 3.56. The summed E-state index contributed by atoms with van der Waals surface area (Å²) in [6, 6.07) is 26.2. The lowest BCUT2D eigenvalue weighted by Crippen LogP contribution is -1.94. The number of benzene rings is 8. The number of nitrogens with zero attached hydrogens (tertiary/aromatic N) is 2. The second-order valence-electron chi connectivity index (χ2n) is 11.9. The van der Waals surface area contributed by atoms with E-state index in [1.807, 2.05) is 60.7 Å². The molecule has 8 aromatic carbocycles. The number of hydrogen-bond donors (Lipinski definition) is 0. The van der Waals surface area contributed by atoms with Crippen LogP contribution in [0.2, 0.25) is 0 Å². The Labute approximate surface area is 310 Å². The third-order valence-electron chi connectivity index (χ3n) is 9.01. The van der Waals surface area contributed by atoms with E-state index in [0.717, 1.165) is 22.3 Å². The number of fused-ring (bicyclic) bond motifs is 6. The van der Waals surface area contributed by atoms with Crippen LogP contribution >= 0.6 is 0 Å². The van der Waals surface area contributed by atoms with Gasteiger partial charge in [0.2, 0.25) is 0 Å². The Kier molecular flexibility index (Phi) is 4.07. The normalized spacial score (nSPS) is 15.5. The van der Waals surface area contributed by atoms with Crippen LogP contribution in [0.1, 0.15) is 19.2 Å². The van der Waals surface area contributed by atoms with E-state index in [2.05, 4.69) is 6.07 Å². The fraction of sp³-hybridized carbons (Fsp3) is 0. The molecule has 10 rings (SSSR count). The van der Waals surface area contributed by atoms with E-state index >= 15 is 0 Å². The zero-order chi connectivity index (χ0) is 45.2. The number of para-hydroxylation sites is 3. The van der Waals surface area contributed by atoms with Crippen molar-refractivity contribution >= 4 is 43.6 Å². The molecule has 0 aliphatic carbocycles. The smallest absolute Gasteiger partial charge is 0.0645 e. The lowest BCUT2D eigenvalue weighted by Gasteiger charge is -2.11. The van der Waals surface area contributed by atoms with Crippen molar-refractivity contribution in [2.24, 2.45) is 0 Å². The number of aromatic nitrogens is 2. The van der Waals surface area contributed by atoms with Crippen LogP contribution in [-0.4, -0.2) is 9.13 Å². The molecular weight excluding hydrogens is 605 g/mol. The monoisotopic (exact) mass is 650 g/mol. The third-order valence-corrected chi connectivity index (χ3v) is 9.01. The molecule has 0 aliphatic rings. The second kappa shape index (κ2) is 11.5. The van der Waals surface area contributed by atoms with Crippen molar-refractivity contribution in [3.05, 3.63) is 194 Å². The summed E-state index contributed by atoms with van der Waals surface area (Å²) < 4.78 is 131. The molecule has 0 spiro atoms. The van der Waals surface area contributed by atoms with Crippen molar-refractivity contribution in [1.82, 2.24) is 9.13 Å². The van der Waals surface area contributed by atoms with Gasteiger partial charge < -0.3 is 9.13 Å². The summed E-state index contributed by atoms with van der Waals surface area (Å²) in [5, 5.41) is -0.459. The van der Waals surface area contributed by atoms with Crippen LogP contribution in [0.3, 0.4) is 0 Å². The summed E-state index contributed by atoms with van der Waals surface area (Å²) in [6.07, 6.45) is 0. The minimum Gasteiger partial charge on any atom is -0.309 e. The van der Waals surface area contributed by atoms with E-state index in [4.69, 9.17) is 11.0 Å². The maximum Gasteiger partial charge on any atom is 0.0645 e. The van der Waals surface area contributed by atoms with Crippen molar-refractivity contribution in [2.75, 3.05) is 0 Å². The summed E-state index contributed by atoms with van der Waals surface area (Å²) in [4.78, 5) is 0. The highest BCUT2D eigenvalue weighted by Gasteiger charge is 2.16. The molecule has 0 atom stereocenters. The molecular formula is C48H32N2. The van der Waals surface area contributed by atoms with E-state index in [9.17, 15) is 8.22 Å². The van der Waals surface area contributed by atoms with Gasteiger partial charge in [0.25, 0.3) is 0 Å². The molecule has 0 unspecified atom stereocenters. The molecule has 0 aliphatic heterocycles. The van der Waals surface area contributed by atoms with E-state index < -0.39 is 95.7 Å². The van der Waals surface area contributed by atoms with Gasteiger partial charge in [-0.3, -0.25) is 0 Å². The summed E-state index contributed by atoms with van der Waals surface area (Å²) in [6.45, 7) is 0. The quantitative estimate of drug-likeness (QED) is 0.175. The van der Waals surface area contributed by atoms with Crippen molar-refractivity contribution in [3.8, 4) is 44.8 Å². The van der Waals surface area contributed by atoms with E-state index in [1.165, 1.54) is 9.13 Å². The Morgan fingerprint density at radius 1 is 0.320 bits per heavy atom. The summed E-state index contributed by atoms with van der Waals surface area (Å²) in [5.74, 6) is 0. The lowest BCUT2D eigenvalue weighted by molar-refractivity contribution is 1.18. The topological polar surface area (TPSA) is 9.86 Å². The second-order valence-corrected chi connectivity index (χ2v) is 11.9. The Hall–Kier alpha value is -6.64. The van der Waals surface area contributed by atoms with Crippen LogP contribution in [0.25, 0.3) is 88.4 Å². The van der Waals surface area contributed by atoms with Crippen LogP contribution in [-0.2, 0) is 0 Å². The first-order valence-electron chi connectivity index (χ1n) is 23.1. The Morgan fingerprint density at radius 3 is 1.32 bits per heavy atom. The minimum absolute atomic E-state index is 0.0337. The zero-order valence-corrected chi connectivity index (χ0v) is 26.3. The van der Waals surface area contributed by atoms with Gasteiger partial charge in [0.15, 0.2) is 0 Å². The highest BCUT2D eigenvalue weighted by Crippen LogP contribution is 2.38. The molecule has 0 amide bonds. The molecule has 2 heterocycles. The van der Waals surface area contributed by atoms with E-state index in [0.29, 0.717) is 11.4 Å². The average Bonchev–Trinajstić information content (AvgIpc) is 3.88. The predicted octanol–water partition coefficient (Wildman–Crippen LogP) is 12.9. The lowest BCUT2D eigenvalue weighted by atomic mass is 9.99. The van der Waals surface area contributed by atoms with Crippen LogP contribution in [0, 0.1) is 0 Å². The molecule has 0 saturated carbocycles. The van der Waals surface area contributed by atoms with Gasteiger partial charge in [-0.25, -0.2) is 0 Å². The van der Waals surface area contributed by atoms with Gasteiger partial charge in [0.05, 0.1) is 41.3 Å². The van der Waals surface area contributed by atoms with Crippen molar-refractivity contribution in [1.29, 1.82) is 0 Å². The zero-order valence-electron chi connectivity index (χ0n) is 40.3. The first-order chi connectivity index (χ1) is 30.6. The summed E-state index contributed by atoms with van der Waals surface area (Å²) in [7, 11) is 0. The molecule has 2 aromatic heterocycles. The van der Waals surface area contributed by atoms with Gasteiger partial charge in [0.1, 0.15) is 0 Å². The van der Waals surface area contributed by atoms with Gasteiger partial charge in [-0.1, -0.05) is 127 Å². The third kappa shape index (κ3) is 4.57. The highest BCUT2D eigenvalue weighted by atomic mass is 15.0. The molecule has 0 bridgehead atoms. The highest BCUT2D eigenvalue weighted by molar-refractivity contribution is 6.12. The Morgan fingerprint density at radius 2 is 0.760 bits per heavy atom. The fourth-order valence-electron chi connectivity index (χ4n) is 6.68. The predicted molar refractivity (Wildman–Crippen MR) is 211 cm³/mol. The van der Waals surface area contributed by atoms with Gasteiger partial charge >= 0.3 is 0 Å². The maximum absolute atomic E-state index is 9.79. The standard InChI is InChI=1S/C48H32N2/c1-3-12-33(13-4-1)35-14-11-15-36(30-35)34-22-26-40(27-23-34)50-46-21-10-8-19-42(46)44-32-38(25-29-48(44)50)37-24-28-47-43(31-37)41-18-7-9-20-45(41)49(47)39-16-5-2-6-17-39/h1-32H/i7D,8D,9D,10D,18D,19D,20D,21D,24D,25D,28D,29D,31D,32D. The molecule has 2 nitrogen and oxygen atoms in total. The van der Waals surface area contributed by atoms with Gasteiger partial charge in [-0.2, -0.15) is 0 Å². The summed E-state index contributed by atoms with van der Waals surface area (Å²) >= 11 is 0. The van der Waals surface area contributed by atoms with Crippen LogP contribution in [0.15, 0.2) is 194 Å². The maximum atomic E-state index is 9.79. The average molecular weight is 651 g/mol. The van der Waals surface area contributed by atoms with Gasteiger partial charge in [0, 0.05) is 32.9 Å². The minimum atomic E-state index is -0.611. The van der Waals surface area contributed by atoms with Crippen LogP contribution < -0.4 is 0 Å². The molecule has 0 radical (unpaired) electrons. The van der Waals surface area contributed by atoms with E-state index in [1.54, 1.807) is 42.5 Å². The number of hydrogen-bond acceptors (Lipinski definition) is 0. The molecule has 50 heavy (non-hydrogen) atoms. The van der Waals surface area contributed by atoms with Gasteiger partial charge in [-0.05, 0) is 100.0 Å². The largest absolute Gasteiger partial charge is 0.309 e. The number of rotatable bonds is 5. The molecule has 2 heteroatoms. The molecule has 10 aromatic rings. The SMILES string of the molecule is [2H]c1c([2H])c([2H])c2c(c1[2H])c1c([2H])c(-c3c([2H])c([2H])c4c(c3[2H])c3c([2H])c([2H])c([2H])c([2H])c3n4-c3ccc(-c4cccc(-c5ccccc5)c4)cc3)c([2H])c([2H])c1n2-c1ccccc1. The first-order valence-corrected chi connectivity index (χ1v) is 16.1. The molecule has 0 N–H and O–H groups in total. The van der Waals surface area contributed by atoms with Crippen LogP contribution in [0.4, 0.5) is 0 Å². The first kappa shape index (κ1) is 17.7.